The Kier molecular flexibility index (Phi) is 5.93. The average Bonchev–Trinajstić information content (AvgIpc) is 3.14. The normalized spacial score (nSPS) is 12.5. The summed E-state index contributed by atoms with van der Waals surface area (Å²) < 4.78 is 42.2. The fraction of sp³-hybridized carbons (Fsp3) is 0.316. The molecule has 0 fully saturated rings. The number of carbonyl (C=O) groups is 1. The number of rotatable bonds is 8. The summed E-state index contributed by atoms with van der Waals surface area (Å²) in [6.07, 6.45) is 0. The Hall–Kier alpha value is -2.94. The fourth-order valence-corrected chi connectivity index (χ4v) is 3.77. The van der Waals surface area contributed by atoms with Crippen molar-refractivity contribution >= 4 is 27.3 Å². The number of fused-ring (bicyclic) bond motifs is 1. The second kappa shape index (κ2) is 8.39. The molecule has 0 unspecified atom stereocenters. The number of sulfonamides is 1. The van der Waals surface area contributed by atoms with Gasteiger partial charge in [0.2, 0.25) is 22.7 Å². The SMILES string of the molecule is CCOc1cccc(NC(=O)CN(c2ccc3c(c2)OCO3)S(=O)(=O)CC)c1. The van der Waals surface area contributed by atoms with Crippen LogP contribution in [0, 0.1) is 0 Å². The first-order valence-electron chi connectivity index (χ1n) is 8.85. The Morgan fingerprint density at radius 2 is 1.93 bits per heavy atom. The van der Waals surface area contributed by atoms with Crippen LogP contribution in [0.25, 0.3) is 0 Å². The van der Waals surface area contributed by atoms with E-state index < -0.39 is 15.9 Å². The third-order valence-corrected chi connectivity index (χ3v) is 5.80. The van der Waals surface area contributed by atoms with Gasteiger partial charge in [-0.25, -0.2) is 8.42 Å². The van der Waals surface area contributed by atoms with E-state index in [2.05, 4.69) is 5.32 Å². The minimum atomic E-state index is -3.68. The number of benzene rings is 2. The molecule has 8 nitrogen and oxygen atoms in total. The molecule has 0 spiro atoms. The minimum absolute atomic E-state index is 0.0793. The molecule has 2 aromatic carbocycles. The van der Waals surface area contributed by atoms with Crippen LogP contribution >= 0.6 is 0 Å². The van der Waals surface area contributed by atoms with Gasteiger partial charge in [0.25, 0.3) is 0 Å². The van der Waals surface area contributed by atoms with E-state index in [1.807, 2.05) is 6.92 Å². The van der Waals surface area contributed by atoms with Crippen LogP contribution < -0.4 is 23.8 Å². The van der Waals surface area contributed by atoms with E-state index in [1.165, 1.54) is 6.92 Å². The Morgan fingerprint density at radius 3 is 2.68 bits per heavy atom. The zero-order valence-electron chi connectivity index (χ0n) is 15.7. The molecule has 3 rings (SSSR count). The highest BCUT2D eigenvalue weighted by Crippen LogP contribution is 2.36. The maximum atomic E-state index is 12.6. The van der Waals surface area contributed by atoms with Crippen molar-refractivity contribution in [3.63, 3.8) is 0 Å². The molecule has 0 atom stereocenters. The molecule has 0 radical (unpaired) electrons. The summed E-state index contributed by atoms with van der Waals surface area (Å²) in [5.74, 6) is 0.986. The van der Waals surface area contributed by atoms with Crippen molar-refractivity contribution in [2.75, 3.05) is 35.3 Å². The van der Waals surface area contributed by atoms with Crippen molar-refractivity contribution in [3.05, 3.63) is 42.5 Å². The third kappa shape index (κ3) is 4.48. The quantitative estimate of drug-likeness (QED) is 0.724. The van der Waals surface area contributed by atoms with Crippen molar-refractivity contribution in [1.29, 1.82) is 0 Å². The highest BCUT2D eigenvalue weighted by atomic mass is 32.2. The summed E-state index contributed by atoms with van der Waals surface area (Å²) >= 11 is 0. The summed E-state index contributed by atoms with van der Waals surface area (Å²) in [6.45, 7) is 3.61. The van der Waals surface area contributed by atoms with Crippen LogP contribution in [0.1, 0.15) is 13.8 Å². The molecule has 0 aromatic heterocycles. The van der Waals surface area contributed by atoms with Crippen LogP contribution in [0.2, 0.25) is 0 Å². The molecule has 9 heteroatoms. The maximum absolute atomic E-state index is 12.6. The molecule has 0 saturated carbocycles. The predicted octanol–water partition coefficient (Wildman–Crippen LogP) is 2.61. The lowest BCUT2D eigenvalue weighted by molar-refractivity contribution is -0.114. The Bertz CT molecular complexity index is 961. The first-order chi connectivity index (χ1) is 13.4. The Morgan fingerprint density at radius 1 is 1.14 bits per heavy atom. The molecule has 0 aliphatic carbocycles. The largest absolute Gasteiger partial charge is 0.494 e. The van der Waals surface area contributed by atoms with Gasteiger partial charge in [-0.05, 0) is 38.1 Å². The van der Waals surface area contributed by atoms with E-state index in [0.717, 1.165) is 4.31 Å². The topological polar surface area (TPSA) is 94.2 Å². The average molecular weight is 406 g/mol. The molecule has 28 heavy (non-hydrogen) atoms. The molecular formula is C19H22N2O6S. The lowest BCUT2D eigenvalue weighted by atomic mass is 10.2. The van der Waals surface area contributed by atoms with E-state index in [0.29, 0.717) is 35.2 Å². The van der Waals surface area contributed by atoms with Gasteiger partial charge in [-0.15, -0.1) is 0 Å². The van der Waals surface area contributed by atoms with Gasteiger partial charge in [0.05, 0.1) is 18.0 Å². The monoisotopic (exact) mass is 406 g/mol. The lowest BCUT2D eigenvalue weighted by Crippen LogP contribution is -2.39. The van der Waals surface area contributed by atoms with Crippen molar-refractivity contribution in [1.82, 2.24) is 0 Å². The maximum Gasteiger partial charge on any atom is 0.245 e. The first kappa shape index (κ1) is 19.8. The molecule has 1 N–H and O–H groups in total. The zero-order chi connectivity index (χ0) is 20.1. The highest BCUT2D eigenvalue weighted by molar-refractivity contribution is 7.92. The van der Waals surface area contributed by atoms with Gasteiger partial charge in [-0.1, -0.05) is 6.07 Å². The van der Waals surface area contributed by atoms with Crippen molar-refractivity contribution < 1.29 is 27.4 Å². The second-order valence-electron chi connectivity index (χ2n) is 5.95. The third-order valence-electron chi connectivity index (χ3n) is 4.06. The minimum Gasteiger partial charge on any atom is -0.494 e. The van der Waals surface area contributed by atoms with E-state index in [-0.39, 0.29) is 19.1 Å². The number of carbonyl (C=O) groups excluding carboxylic acids is 1. The van der Waals surface area contributed by atoms with Gasteiger partial charge in [0.15, 0.2) is 11.5 Å². The van der Waals surface area contributed by atoms with Crippen LogP contribution in [0.5, 0.6) is 17.2 Å². The predicted molar refractivity (Wildman–Crippen MR) is 106 cm³/mol. The molecule has 1 amide bonds. The van der Waals surface area contributed by atoms with Crippen molar-refractivity contribution in [2.45, 2.75) is 13.8 Å². The van der Waals surface area contributed by atoms with Crippen LogP contribution in [0.15, 0.2) is 42.5 Å². The van der Waals surface area contributed by atoms with E-state index in [1.54, 1.807) is 42.5 Å². The first-order valence-corrected chi connectivity index (χ1v) is 10.5. The smallest absolute Gasteiger partial charge is 0.245 e. The molecule has 1 heterocycles. The summed E-state index contributed by atoms with van der Waals surface area (Å²) in [5.41, 5.74) is 0.861. The number of ether oxygens (including phenoxy) is 3. The fourth-order valence-electron chi connectivity index (χ4n) is 2.71. The zero-order valence-corrected chi connectivity index (χ0v) is 16.5. The molecule has 0 bridgehead atoms. The molecule has 2 aromatic rings. The number of hydrogen-bond donors (Lipinski definition) is 1. The van der Waals surface area contributed by atoms with Crippen molar-refractivity contribution in [3.8, 4) is 17.2 Å². The Balaban J connectivity index is 1.80. The summed E-state index contributed by atoms with van der Waals surface area (Å²) in [6, 6.07) is 11.7. The highest BCUT2D eigenvalue weighted by Gasteiger charge is 2.25. The van der Waals surface area contributed by atoms with Crippen molar-refractivity contribution in [2.24, 2.45) is 0 Å². The number of hydrogen-bond acceptors (Lipinski definition) is 6. The van der Waals surface area contributed by atoms with Gasteiger partial charge in [-0.2, -0.15) is 0 Å². The van der Waals surface area contributed by atoms with Crippen LogP contribution in [-0.4, -0.2) is 40.0 Å². The summed E-state index contributed by atoms with van der Waals surface area (Å²) in [5, 5.41) is 2.71. The number of nitrogens with zero attached hydrogens (tertiary/aromatic N) is 1. The molecular weight excluding hydrogens is 384 g/mol. The second-order valence-corrected chi connectivity index (χ2v) is 8.14. The van der Waals surface area contributed by atoms with Gasteiger partial charge in [0, 0.05) is 17.8 Å². The molecule has 1 aliphatic heterocycles. The number of anilines is 2. The number of amides is 1. The van der Waals surface area contributed by atoms with Gasteiger partial charge in [-0.3, -0.25) is 9.10 Å². The van der Waals surface area contributed by atoms with Gasteiger partial charge in [0.1, 0.15) is 12.3 Å². The van der Waals surface area contributed by atoms with E-state index in [9.17, 15) is 13.2 Å². The summed E-state index contributed by atoms with van der Waals surface area (Å²) in [4.78, 5) is 12.5. The lowest BCUT2D eigenvalue weighted by Gasteiger charge is -2.23. The molecule has 1 aliphatic rings. The van der Waals surface area contributed by atoms with E-state index >= 15 is 0 Å². The number of nitrogens with one attached hydrogen (secondary N) is 1. The van der Waals surface area contributed by atoms with Crippen LogP contribution in [-0.2, 0) is 14.8 Å². The summed E-state index contributed by atoms with van der Waals surface area (Å²) in [7, 11) is -3.68. The standard InChI is InChI=1S/C19H22N2O6S/c1-3-25-16-7-5-6-14(10-16)20-19(22)12-21(28(23,24)4-2)15-8-9-17-18(11-15)27-13-26-17/h5-11H,3-4,12-13H2,1-2H3,(H,20,22). The van der Waals surface area contributed by atoms with Crippen LogP contribution in [0.3, 0.4) is 0 Å². The Labute approximate surface area is 164 Å². The molecule has 150 valence electrons. The van der Waals surface area contributed by atoms with Gasteiger partial charge >= 0.3 is 0 Å². The van der Waals surface area contributed by atoms with E-state index in [4.69, 9.17) is 14.2 Å². The van der Waals surface area contributed by atoms with Gasteiger partial charge < -0.3 is 19.5 Å². The van der Waals surface area contributed by atoms with Crippen LogP contribution in [0.4, 0.5) is 11.4 Å². The molecule has 0 saturated heterocycles.